The molecule has 5 amide bonds. The molecule has 1 aliphatic carbocycles. The van der Waals surface area contributed by atoms with Gasteiger partial charge in [-0.15, -0.1) is 0 Å². The second-order valence-electron chi connectivity index (χ2n) is 18.8. The Morgan fingerprint density at radius 3 is 2.38 bits per heavy atom. The summed E-state index contributed by atoms with van der Waals surface area (Å²) >= 11 is 0. The number of amides is 5. The lowest BCUT2D eigenvalue weighted by Gasteiger charge is -2.40. The number of carbonyl (C=O) groups is 6. The number of carbonyl (C=O) groups excluding carboxylic acids is 6. The number of phenols is 1. The summed E-state index contributed by atoms with van der Waals surface area (Å²) in [6.45, 7) is 7.61. The highest BCUT2D eigenvalue weighted by atomic mass is 16.7. The van der Waals surface area contributed by atoms with Crippen LogP contribution in [0.25, 0.3) is 0 Å². The first-order valence-electron chi connectivity index (χ1n) is 24.9. The summed E-state index contributed by atoms with van der Waals surface area (Å²) in [4.78, 5) is 83.7. The molecule has 4 bridgehead atoms. The number of nitrogens with one attached hydrogen (secondary N) is 5. The summed E-state index contributed by atoms with van der Waals surface area (Å²) in [7, 11) is 1.43. The van der Waals surface area contributed by atoms with Gasteiger partial charge in [0, 0.05) is 44.3 Å². The third kappa shape index (κ3) is 17.3. The summed E-state index contributed by atoms with van der Waals surface area (Å²) in [5.74, 6) is -4.52. The molecule has 2 heterocycles. The van der Waals surface area contributed by atoms with E-state index in [0.29, 0.717) is 31.5 Å². The molecule has 1 aromatic rings. The van der Waals surface area contributed by atoms with Gasteiger partial charge in [0.05, 0.1) is 37.0 Å². The first-order chi connectivity index (χ1) is 33.0. The largest absolute Gasteiger partial charge is 0.508 e. The second kappa shape index (κ2) is 28.8. The van der Waals surface area contributed by atoms with Crippen LogP contribution in [-0.2, 0) is 44.7 Å². The molecule has 1 aromatic carbocycles. The van der Waals surface area contributed by atoms with Gasteiger partial charge < -0.3 is 67.7 Å². The van der Waals surface area contributed by atoms with Gasteiger partial charge in [-0.25, -0.2) is 0 Å². The van der Waals surface area contributed by atoms with Crippen molar-refractivity contribution in [1.82, 2.24) is 31.5 Å². The fourth-order valence-corrected chi connectivity index (χ4v) is 8.77. The normalized spacial score (nSPS) is 25.8. The molecule has 12 N–H and O–H groups in total. The zero-order chi connectivity index (χ0) is 50.6. The minimum Gasteiger partial charge on any atom is -0.508 e. The number of hydrogen-bond acceptors (Lipinski definition) is 14. The maximum atomic E-state index is 14.7. The Kier molecular flexibility index (Phi) is 23.7. The summed E-state index contributed by atoms with van der Waals surface area (Å²) in [6, 6.07) is -2.21. The Bertz CT molecular complexity index is 1930. The molecule has 0 saturated carbocycles. The number of nitrogens with two attached hydrogens (primary N) is 2. The number of ether oxygens (including phenoxy) is 2. The number of unbranched alkanes of at least 4 members (excludes halogenated alkanes) is 8. The third-order valence-electron chi connectivity index (χ3n) is 13.1. The van der Waals surface area contributed by atoms with Gasteiger partial charge in [0.2, 0.25) is 29.5 Å². The average Bonchev–Trinajstić information content (AvgIpc) is 3.31. The first-order valence-corrected chi connectivity index (χ1v) is 24.9. The standard InChI is InChI=1S/C50H80N8O11/c1-6-7-8-9-10-11-12-15-23-53-24-21-43(63)56-38(16-13-14-22-51)49(67)58(5)45-34-18-20-42(69-50-44(52)41(62)28-35(29-59)68-50)37(27-34)36-25-33(17-19-40(36)61)26-39(47(65)54-30(2)32(4)60)57-46(64)31(3)55-48(45)66/h17-20,25,27,30-31,35,37-39,41-42,44-45,50,53,59,61-62H,6-16,21-24,26,28-29,51-52H2,1-5H3,(H,54,65)(H,55,66)(H,56,63)(H,57,64)/t30-,31-,35-,37?,38-,39-,41-,42?,44+,45-,50?/m0/s1. The van der Waals surface area contributed by atoms with E-state index in [2.05, 4.69) is 33.5 Å². The fourth-order valence-electron chi connectivity index (χ4n) is 8.77. The van der Waals surface area contributed by atoms with Gasteiger partial charge in [0.15, 0.2) is 12.1 Å². The van der Waals surface area contributed by atoms with Crippen molar-refractivity contribution in [2.75, 3.05) is 33.3 Å². The van der Waals surface area contributed by atoms with Crippen molar-refractivity contribution in [3.63, 3.8) is 0 Å². The molecule has 0 aromatic heterocycles. The number of fused-ring (bicyclic) bond motifs is 4. The number of ketones is 1. The number of Topliss-reactive ketones (excluding diaryl/α,β-unsaturated/α-hetero) is 1. The van der Waals surface area contributed by atoms with Crippen LogP contribution in [0, 0.1) is 0 Å². The highest BCUT2D eigenvalue weighted by Gasteiger charge is 2.42. The number of aromatic hydroxyl groups is 1. The molecule has 4 rings (SSSR count). The predicted molar refractivity (Wildman–Crippen MR) is 260 cm³/mol. The summed E-state index contributed by atoms with van der Waals surface area (Å²) in [5.41, 5.74) is 13.2. The molecule has 11 atom stereocenters. The van der Waals surface area contributed by atoms with Crippen LogP contribution in [0.15, 0.2) is 42.0 Å². The summed E-state index contributed by atoms with van der Waals surface area (Å²) < 4.78 is 12.4. The monoisotopic (exact) mass is 969 g/mol. The van der Waals surface area contributed by atoms with Crippen LogP contribution >= 0.6 is 0 Å². The molecular formula is C50H80N8O11. The van der Waals surface area contributed by atoms with E-state index in [9.17, 15) is 44.1 Å². The van der Waals surface area contributed by atoms with E-state index in [-0.39, 0.29) is 54.3 Å². The lowest BCUT2D eigenvalue weighted by atomic mass is 9.83. The van der Waals surface area contributed by atoms with Crippen molar-refractivity contribution >= 4 is 35.3 Å². The number of phenolic OH excluding ortho intramolecular Hbond substituents is 1. The number of benzene rings is 1. The molecule has 0 spiro atoms. The quantitative estimate of drug-likeness (QED) is 0.0620. The topological polar surface area (TPSA) is 297 Å². The van der Waals surface area contributed by atoms with E-state index < -0.39 is 97.0 Å². The Morgan fingerprint density at radius 2 is 1.70 bits per heavy atom. The molecule has 1 saturated heterocycles. The number of aliphatic hydroxyl groups excluding tert-OH is 2. The van der Waals surface area contributed by atoms with Gasteiger partial charge in [0.25, 0.3) is 0 Å². The molecule has 0 radical (unpaired) electrons. The maximum absolute atomic E-state index is 14.7. The van der Waals surface area contributed by atoms with Gasteiger partial charge in [-0.3, -0.25) is 28.8 Å². The molecule has 1 fully saturated rings. The maximum Gasteiger partial charge on any atom is 0.248 e. The number of hydrogen-bond donors (Lipinski definition) is 10. The average molecular weight is 969 g/mol. The Morgan fingerprint density at radius 1 is 0.986 bits per heavy atom. The Hall–Kier alpha value is -4.76. The van der Waals surface area contributed by atoms with Crippen molar-refractivity contribution in [2.45, 2.75) is 184 Å². The van der Waals surface area contributed by atoms with E-state index in [1.54, 1.807) is 30.4 Å². The minimum absolute atomic E-state index is 0.0737. The van der Waals surface area contributed by atoms with Crippen LogP contribution in [0.2, 0.25) is 0 Å². The zero-order valence-corrected chi connectivity index (χ0v) is 41.3. The van der Waals surface area contributed by atoms with Crippen molar-refractivity contribution in [2.24, 2.45) is 11.5 Å². The molecule has 386 valence electrons. The van der Waals surface area contributed by atoms with E-state index in [1.165, 1.54) is 77.3 Å². The highest BCUT2D eigenvalue weighted by Crippen LogP contribution is 2.38. The number of rotatable bonds is 25. The zero-order valence-electron chi connectivity index (χ0n) is 41.3. The van der Waals surface area contributed by atoms with Crippen LogP contribution < -0.4 is 38.1 Å². The van der Waals surface area contributed by atoms with Gasteiger partial charge in [-0.2, -0.15) is 0 Å². The SMILES string of the molecule is CCCCCCCCCCNCCC(=O)N[C@@H](CCCCN)C(=O)N(C)[C@@H]1C(=O)N[C@@H](C)C(=O)N[C@H](C(=O)N[C@@H](C)C(C)=O)Cc2ccc(O)c(c2)C2C=C1C=CC2OC1O[C@H](CO)C[C@H](O)[C@H]1N. The highest BCUT2D eigenvalue weighted by molar-refractivity contribution is 5.97. The van der Waals surface area contributed by atoms with Crippen LogP contribution in [0.1, 0.15) is 128 Å². The Labute approximate surface area is 407 Å². The summed E-state index contributed by atoms with van der Waals surface area (Å²) in [5, 5.41) is 46.5. The van der Waals surface area contributed by atoms with Gasteiger partial charge in [-0.1, -0.05) is 82.2 Å². The van der Waals surface area contributed by atoms with E-state index >= 15 is 0 Å². The lowest BCUT2D eigenvalue weighted by Crippen LogP contribution is -2.59. The Balaban J connectivity index is 1.69. The van der Waals surface area contributed by atoms with Crippen molar-refractivity contribution < 1.29 is 53.6 Å². The van der Waals surface area contributed by atoms with Crippen LogP contribution in [-0.4, -0.2) is 150 Å². The minimum atomic E-state index is -1.42. The molecular weight excluding hydrogens is 889 g/mol. The smallest absolute Gasteiger partial charge is 0.248 e. The number of aliphatic hydroxyl groups is 2. The number of nitrogens with zero attached hydrogens (tertiary/aromatic N) is 1. The van der Waals surface area contributed by atoms with Crippen LogP contribution in [0.3, 0.4) is 0 Å². The lowest BCUT2D eigenvalue weighted by molar-refractivity contribution is -0.242. The molecule has 69 heavy (non-hydrogen) atoms. The van der Waals surface area contributed by atoms with Crippen molar-refractivity contribution in [3.8, 4) is 5.75 Å². The molecule has 2 aliphatic heterocycles. The molecule has 3 unspecified atom stereocenters. The third-order valence-corrected chi connectivity index (χ3v) is 13.1. The summed E-state index contributed by atoms with van der Waals surface area (Å²) in [6.07, 6.45) is 11.7. The number of likely N-dealkylation sites (N-methyl/N-ethyl adjacent to an activating group) is 1. The fraction of sp³-hybridized carbons (Fsp3) is 0.680. The van der Waals surface area contributed by atoms with Gasteiger partial charge in [0.1, 0.15) is 29.9 Å². The van der Waals surface area contributed by atoms with Crippen molar-refractivity contribution in [3.05, 3.63) is 53.1 Å². The predicted octanol–water partition coefficient (Wildman–Crippen LogP) is 1.35. The van der Waals surface area contributed by atoms with Crippen LogP contribution in [0.4, 0.5) is 0 Å². The van der Waals surface area contributed by atoms with Gasteiger partial charge in [-0.05, 0) is 76.7 Å². The van der Waals surface area contributed by atoms with E-state index in [0.717, 1.165) is 19.4 Å². The van der Waals surface area contributed by atoms with E-state index in [4.69, 9.17) is 20.9 Å². The molecule has 19 nitrogen and oxygen atoms in total. The first kappa shape index (κ1) is 56.8. The van der Waals surface area contributed by atoms with E-state index in [1.807, 2.05) is 0 Å². The molecule has 3 aliphatic rings. The molecule has 19 heteroatoms. The van der Waals surface area contributed by atoms with Crippen molar-refractivity contribution in [1.29, 1.82) is 0 Å². The second-order valence-corrected chi connectivity index (χ2v) is 18.8. The van der Waals surface area contributed by atoms with Gasteiger partial charge >= 0.3 is 0 Å². The van der Waals surface area contributed by atoms with Crippen LogP contribution in [0.5, 0.6) is 5.75 Å².